The topological polar surface area (TPSA) is 108 Å². The number of morpholine rings is 1. The van der Waals surface area contributed by atoms with Crippen LogP contribution in [0, 0.1) is 0 Å². The fourth-order valence-corrected chi connectivity index (χ4v) is 4.47. The Morgan fingerprint density at radius 3 is 2.47 bits per heavy atom. The molecule has 2 N–H and O–H groups in total. The molecule has 1 amide bonds. The van der Waals surface area contributed by atoms with Crippen LogP contribution in [0.4, 0.5) is 0 Å². The first-order valence-electron chi connectivity index (χ1n) is 9.66. The molecule has 0 bridgehead atoms. The molecule has 30 heavy (non-hydrogen) atoms. The van der Waals surface area contributed by atoms with E-state index in [4.69, 9.17) is 4.74 Å². The van der Waals surface area contributed by atoms with Gasteiger partial charge in [-0.05, 0) is 43.2 Å². The number of para-hydroxylation sites is 1. The molecule has 0 spiro atoms. The van der Waals surface area contributed by atoms with Gasteiger partial charge in [0.25, 0.3) is 0 Å². The number of benzene rings is 2. The molecular weight excluding hydrogens is 406 g/mol. The van der Waals surface area contributed by atoms with Crippen LogP contribution in [0.2, 0.25) is 0 Å². The summed E-state index contributed by atoms with van der Waals surface area (Å²) in [5, 5.41) is 13.8. The van der Waals surface area contributed by atoms with E-state index in [-0.39, 0.29) is 23.0 Å². The van der Waals surface area contributed by atoms with Crippen LogP contribution in [-0.4, -0.2) is 55.8 Å². The number of carbonyl (C=O) groups excluding carboxylic acids is 1. The fraction of sp³-hybridized carbons (Fsp3) is 0.333. The SMILES string of the molecule is C/C(=N\NC(=O)CCc1ccc(S(=O)(=O)N2CCOCC2)cc1)c1ccccc1O. The zero-order valence-corrected chi connectivity index (χ0v) is 17.6. The van der Waals surface area contributed by atoms with E-state index in [0.29, 0.717) is 44.0 Å². The number of phenols is 1. The van der Waals surface area contributed by atoms with E-state index in [1.807, 2.05) is 0 Å². The predicted molar refractivity (Wildman–Crippen MR) is 113 cm³/mol. The summed E-state index contributed by atoms with van der Waals surface area (Å²) >= 11 is 0. The predicted octanol–water partition coefficient (Wildman–Crippen LogP) is 1.89. The Morgan fingerprint density at radius 1 is 1.13 bits per heavy atom. The summed E-state index contributed by atoms with van der Waals surface area (Å²) in [7, 11) is -3.52. The molecule has 0 saturated carbocycles. The molecule has 1 fully saturated rings. The molecule has 0 radical (unpaired) electrons. The number of rotatable bonds is 7. The minimum absolute atomic E-state index is 0.0973. The Bertz CT molecular complexity index is 1010. The highest BCUT2D eigenvalue weighted by Gasteiger charge is 2.26. The summed E-state index contributed by atoms with van der Waals surface area (Å²) in [5.74, 6) is -0.171. The van der Waals surface area contributed by atoms with Crippen LogP contribution in [0.1, 0.15) is 24.5 Å². The summed E-state index contributed by atoms with van der Waals surface area (Å²) < 4.78 is 31.9. The molecule has 3 rings (SSSR count). The highest BCUT2D eigenvalue weighted by Crippen LogP contribution is 2.18. The molecule has 0 aromatic heterocycles. The Balaban J connectivity index is 1.54. The van der Waals surface area contributed by atoms with Crippen molar-refractivity contribution in [3.8, 4) is 5.75 Å². The van der Waals surface area contributed by atoms with Crippen molar-refractivity contribution >= 4 is 21.6 Å². The van der Waals surface area contributed by atoms with E-state index in [9.17, 15) is 18.3 Å². The standard InChI is InChI=1S/C21H25N3O5S/c1-16(19-4-2-3-5-20(19)25)22-23-21(26)11-8-17-6-9-18(10-7-17)30(27,28)24-12-14-29-15-13-24/h2-7,9-10,25H,8,11-15H2,1H3,(H,23,26)/b22-16+. The zero-order chi connectivity index (χ0) is 21.6. The van der Waals surface area contributed by atoms with E-state index in [0.717, 1.165) is 5.56 Å². The number of carbonyl (C=O) groups is 1. The molecule has 9 heteroatoms. The van der Waals surface area contributed by atoms with Crippen molar-refractivity contribution in [2.45, 2.75) is 24.7 Å². The van der Waals surface area contributed by atoms with Gasteiger partial charge in [0.1, 0.15) is 5.75 Å². The van der Waals surface area contributed by atoms with Crippen LogP contribution >= 0.6 is 0 Å². The number of hydrogen-bond donors (Lipinski definition) is 2. The minimum Gasteiger partial charge on any atom is -0.507 e. The van der Waals surface area contributed by atoms with E-state index in [1.54, 1.807) is 55.5 Å². The van der Waals surface area contributed by atoms with Crippen LogP contribution in [0.3, 0.4) is 0 Å². The molecule has 0 aliphatic carbocycles. The summed E-state index contributed by atoms with van der Waals surface area (Å²) in [4.78, 5) is 12.3. The maximum absolute atomic E-state index is 12.6. The second-order valence-corrected chi connectivity index (χ2v) is 8.85. The van der Waals surface area contributed by atoms with Crippen LogP contribution in [0.5, 0.6) is 5.75 Å². The van der Waals surface area contributed by atoms with Gasteiger partial charge in [-0.2, -0.15) is 9.41 Å². The monoisotopic (exact) mass is 431 g/mol. The fourth-order valence-electron chi connectivity index (χ4n) is 3.06. The van der Waals surface area contributed by atoms with Gasteiger partial charge in [-0.15, -0.1) is 0 Å². The summed E-state index contributed by atoms with van der Waals surface area (Å²) in [6.07, 6.45) is 0.655. The van der Waals surface area contributed by atoms with E-state index < -0.39 is 10.0 Å². The zero-order valence-electron chi connectivity index (χ0n) is 16.7. The molecule has 1 heterocycles. The number of phenolic OH excluding ortho intramolecular Hbond substituents is 1. The normalized spacial score (nSPS) is 15.7. The molecule has 0 atom stereocenters. The first-order valence-corrected chi connectivity index (χ1v) is 11.1. The first-order chi connectivity index (χ1) is 14.4. The van der Waals surface area contributed by atoms with Gasteiger partial charge < -0.3 is 9.84 Å². The Hall–Kier alpha value is -2.75. The summed E-state index contributed by atoms with van der Waals surface area (Å²) in [6.45, 7) is 3.20. The van der Waals surface area contributed by atoms with Crippen molar-refractivity contribution in [1.29, 1.82) is 0 Å². The van der Waals surface area contributed by atoms with Crippen molar-refractivity contribution in [2.75, 3.05) is 26.3 Å². The largest absolute Gasteiger partial charge is 0.507 e. The highest BCUT2D eigenvalue weighted by molar-refractivity contribution is 7.89. The van der Waals surface area contributed by atoms with Gasteiger partial charge in [0.15, 0.2) is 0 Å². The van der Waals surface area contributed by atoms with Gasteiger partial charge in [0.2, 0.25) is 15.9 Å². The maximum Gasteiger partial charge on any atom is 0.243 e. The number of nitrogens with zero attached hydrogens (tertiary/aromatic N) is 2. The molecule has 0 unspecified atom stereocenters. The van der Waals surface area contributed by atoms with Crippen LogP contribution in [0.15, 0.2) is 58.5 Å². The second kappa shape index (κ2) is 9.84. The number of ether oxygens (including phenoxy) is 1. The van der Waals surface area contributed by atoms with Gasteiger partial charge in [-0.1, -0.05) is 24.3 Å². The molecular formula is C21H25N3O5S. The lowest BCUT2D eigenvalue weighted by atomic mass is 10.1. The third-order valence-corrected chi connectivity index (χ3v) is 6.73. The Morgan fingerprint density at radius 2 is 1.80 bits per heavy atom. The molecule has 1 saturated heterocycles. The third kappa shape index (κ3) is 5.44. The third-order valence-electron chi connectivity index (χ3n) is 4.81. The first kappa shape index (κ1) is 21.9. The van der Waals surface area contributed by atoms with Crippen LogP contribution in [-0.2, 0) is 26.0 Å². The molecule has 1 aliphatic heterocycles. The lowest BCUT2D eigenvalue weighted by Gasteiger charge is -2.26. The van der Waals surface area contributed by atoms with Gasteiger partial charge in [0, 0.05) is 25.1 Å². The number of aromatic hydroxyl groups is 1. The molecule has 2 aromatic rings. The minimum atomic E-state index is -3.52. The van der Waals surface area contributed by atoms with Crippen LogP contribution in [0.25, 0.3) is 0 Å². The molecule has 8 nitrogen and oxygen atoms in total. The Kier molecular flexibility index (Phi) is 7.20. The molecule has 160 valence electrons. The summed E-state index contributed by atoms with van der Waals surface area (Å²) in [6, 6.07) is 13.3. The second-order valence-electron chi connectivity index (χ2n) is 6.91. The molecule has 1 aliphatic rings. The number of hydrogen-bond acceptors (Lipinski definition) is 6. The maximum atomic E-state index is 12.6. The van der Waals surface area contributed by atoms with Crippen LogP contribution < -0.4 is 5.43 Å². The van der Waals surface area contributed by atoms with Crippen molar-refractivity contribution in [3.63, 3.8) is 0 Å². The van der Waals surface area contributed by atoms with Gasteiger partial charge >= 0.3 is 0 Å². The van der Waals surface area contributed by atoms with Gasteiger partial charge in [-0.25, -0.2) is 13.8 Å². The van der Waals surface area contributed by atoms with Crippen molar-refractivity contribution in [3.05, 3.63) is 59.7 Å². The number of nitrogens with one attached hydrogen (secondary N) is 1. The van der Waals surface area contributed by atoms with E-state index in [1.165, 1.54) is 4.31 Å². The smallest absolute Gasteiger partial charge is 0.243 e. The lowest BCUT2D eigenvalue weighted by Crippen LogP contribution is -2.40. The van der Waals surface area contributed by atoms with Crippen molar-refractivity contribution in [1.82, 2.24) is 9.73 Å². The number of sulfonamides is 1. The van der Waals surface area contributed by atoms with E-state index in [2.05, 4.69) is 10.5 Å². The highest BCUT2D eigenvalue weighted by atomic mass is 32.2. The number of amides is 1. The quantitative estimate of drug-likeness (QED) is 0.514. The van der Waals surface area contributed by atoms with Gasteiger partial charge in [-0.3, -0.25) is 4.79 Å². The number of aryl methyl sites for hydroxylation is 1. The Labute approximate surface area is 176 Å². The number of hydrazone groups is 1. The average molecular weight is 432 g/mol. The summed E-state index contributed by atoms with van der Waals surface area (Å²) in [5.41, 5.74) is 4.38. The van der Waals surface area contributed by atoms with E-state index >= 15 is 0 Å². The van der Waals surface area contributed by atoms with Crippen molar-refractivity contribution < 1.29 is 23.1 Å². The van der Waals surface area contributed by atoms with Crippen molar-refractivity contribution in [2.24, 2.45) is 5.10 Å². The molecule has 2 aromatic carbocycles. The lowest BCUT2D eigenvalue weighted by molar-refractivity contribution is -0.121. The average Bonchev–Trinajstić information content (AvgIpc) is 2.77. The van der Waals surface area contributed by atoms with Gasteiger partial charge in [0.05, 0.1) is 23.8 Å².